The van der Waals surface area contributed by atoms with Crippen LogP contribution in [0.3, 0.4) is 0 Å². The van der Waals surface area contributed by atoms with Crippen LogP contribution in [0.1, 0.15) is 30.5 Å². The van der Waals surface area contributed by atoms with Crippen molar-refractivity contribution >= 4 is 5.97 Å². The zero-order chi connectivity index (χ0) is 11.4. The summed E-state index contributed by atoms with van der Waals surface area (Å²) < 4.78 is 5.12. The summed E-state index contributed by atoms with van der Waals surface area (Å²) in [6.45, 7) is 7.02. The molecule has 1 aromatic carbocycles. The van der Waals surface area contributed by atoms with Gasteiger partial charge in [-0.1, -0.05) is 5.92 Å². The fourth-order valence-electron chi connectivity index (χ4n) is 1.47. The molecule has 1 rings (SSSR count). The predicted octanol–water partition coefficient (Wildman–Crippen LogP) is 2.60. The minimum absolute atomic E-state index is 0.296. The maximum atomic E-state index is 10.9. The van der Waals surface area contributed by atoms with Crippen LogP contribution in [0.15, 0.2) is 12.1 Å². The number of hydrogen-bond donors (Lipinski definition) is 0. The van der Waals surface area contributed by atoms with Crippen molar-refractivity contribution in [1.29, 1.82) is 0 Å². The zero-order valence-corrected chi connectivity index (χ0v) is 9.47. The van der Waals surface area contributed by atoms with E-state index in [1.54, 1.807) is 6.92 Å². The Kier molecular flexibility index (Phi) is 3.51. The highest BCUT2D eigenvalue weighted by atomic mass is 16.5. The summed E-state index contributed by atoms with van der Waals surface area (Å²) in [7, 11) is 0. The molecule has 0 aliphatic carbocycles. The van der Waals surface area contributed by atoms with Gasteiger partial charge in [-0.15, -0.1) is 5.92 Å². The molecule has 2 heteroatoms. The van der Waals surface area contributed by atoms with Gasteiger partial charge in [0.05, 0.1) is 0 Å². The first-order valence-corrected chi connectivity index (χ1v) is 4.77. The van der Waals surface area contributed by atoms with E-state index in [2.05, 4.69) is 11.8 Å². The summed E-state index contributed by atoms with van der Waals surface area (Å²) in [5.41, 5.74) is 2.81. The summed E-state index contributed by atoms with van der Waals surface area (Å²) in [6, 6.07) is 3.84. The lowest BCUT2D eigenvalue weighted by Gasteiger charge is -2.09. The molecule has 0 aliphatic heterocycles. The van der Waals surface area contributed by atoms with E-state index in [0.29, 0.717) is 5.75 Å². The van der Waals surface area contributed by atoms with Crippen molar-refractivity contribution in [3.8, 4) is 17.6 Å². The van der Waals surface area contributed by atoms with Crippen LogP contribution < -0.4 is 4.74 Å². The van der Waals surface area contributed by atoms with E-state index in [1.165, 1.54) is 6.92 Å². The molecule has 0 heterocycles. The minimum atomic E-state index is -0.296. The number of carbonyl (C=O) groups is 1. The van der Waals surface area contributed by atoms with Crippen LogP contribution in [-0.4, -0.2) is 5.97 Å². The first-order valence-electron chi connectivity index (χ1n) is 4.77. The van der Waals surface area contributed by atoms with Crippen molar-refractivity contribution in [2.75, 3.05) is 0 Å². The summed E-state index contributed by atoms with van der Waals surface area (Å²) in [5.74, 6) is 6.17. The monoisotopic (exact) mass is 202 g/mol. The summed E-state index contributed by atoms with van der Waals surface area (Å²) in [5, 5.41) is 0. The van der Waals surface area contributed by atoms with E-state index in [-0.39, 0.29) is 5.97 Å². The number of aryl methyl sites for hydroxylation is 2. The minimum Gasteiger partial charge on any atom is -0.426 e. The summed E-state index contributed by atoms with van der Waals surface area (Å²) >= 11 is 0. The van der Waals surface area contributed by atoms with Gasteiger partial charge in [-0.05, 0) is 44.0 Å². The van der Waals surface area contributed by atoms with E-state index in [1.807, 2.05) is 26.0 Å². The second kappa shape index (κ2) is 4.65. The highest BCUT2D eigenvalue weighted by molar-refractivity contribution is 5.70. The van der Waals surface area contributed by atoms with Gasteiger partial charge in [-0.2, -0.15) is 0 Å². The van der Waals surface area contributed by atoms with Crippen molar-refractivity contribution in [3.63, 3.8) is 0 Å². The Morgan fingerprint density at radius 2 is 1.80 bits per heavy atom. The van der Waals surface area contributed by atoms with Gasteiger partial charge >= 0.3 is 5.97 Å². The SMILES string of the molecule is CC#Cc1cc(C)c(OC(C)=O)c(C)c1. The van der Waals surface area contributed by atoms with Crippen LogP contribution >= 0.6 is 0 Å². The Bertz CT molecular complexity index is 424. The van der Waals surface area contributed by atoms with Crippen molar-refractivity contribution in [1.82, 2.24) is 0 Å². The molecular weight excluding hydrogens is 188 g/mol. The maximum absolute atomic E-state index is 10.9. The topological polar surface area (TPSA) is 26.3 Å². The fourth-order valence-corrected chi connectivity index (χ4v) is 1.47. The molecule has 0 saturated carbocycles. The molecule has 0 fully saturated rings. The molecule has 0 aliphatic rings. The molecule has 15 heavy (non-hydrogen) atoms. The van der Waals surface area contributed by atoms with Crippen LogP contribution in [-0.2, 0) is 4.79 Å². The molecule has 78 valence electrons. The van der Waals surface area contributed by atoms with E-state index in [0.717, 1.165) is 16.7 Å². The van der Waals surface area contributed by atoms with Crippen molar-refractivity contribution in [2.24, 2.45) is 0 Å². The smallest absolute Gasteiger partial charge is 0.308 e. The largest absolute Gasteiger partial charge is 0.426 e. The van der Waals surface area contributed by atoms with Crippen molar-refractivity contribution in [2.45, 2.75) is 27.7 Å². The molecule has 0 spiro atoms. The average Bonchev–Trinajstić information content (AvgIpc) is 2.11. The van der Waals surface area contributed by atoms with Crippen LogP contribution in [0.4, 0.5) is 0 Å². The highest BCUT2D eigenvalue weighted by Crippen LogP contribution is 2.24. The number of carbonyl (C=O) groups excluding carboxylic acids is 1. The van der Waals surface area contributed by atoms with Gasteiger partial charge in [0, 0.05) is 12.5 Å². The van der Waals surface area contributed by atoms with Gasteiger partial charge in [-0.3, -0.25) is 4.79 Å². The third-order valence-corrected chi connectivity index (χ3v) is 1.98. The van der Waals surface area contributed by atoms with Crippen LogP contribution in [0.2, 0.25) is 0 Å². The molecule has 0 aromatic heterocycles. The highest BCUT2D eigenvalue weighted by Gasteiger charge is 2.07. The maximum Gasteiger partial charge on any atom is 0.308 e. The number of ether oxygens (including phenoxy) is 1. The molecular formula is C13H14O2. The lowest BCUT2D eigenvalue weighted by molar-refractivity contribution is -0.131. The zero-order valence-electron chi connectivity index (χ0n) is 9.47. The lowest BCUT2D eigenvalue weighted by atomic mass is 10.1. The van der Waals surface area contributed by atoms with Gasteiger partial charge in [0.2, 0.25) is 0 Å². The second-order valence-electron chi connectivity index (χ2n) is 3.41. The van der Waals surface area contributed by atoms with E-state index >= 15 is 0 Å². The third-order valence-electron chi connectivity index (χ3n) is 1.98. The quantitative estimate of drug-likeness (QED) is 0.397. The van der Waals surface area contributed by atoms with E-state index < -0.39 is 0 Å². The Labute approximate surface area is 90.3 Å². The summed E-state index contributed by atoms with van der Waals surface area (Å²) in [6.07, 6.45) is 0. The Morgan fingerprint density at radius 1 is 1.27 bits per heavy atom. The molecule has 0 N–H and O–H groups in total. The first kappa shape index (κ1) is 11.3. The molecule has 0 radical (unpaired) electrons. The molecule has 0 unspecified atom stereocenters. The second-order valence-corrected chi connectivity index (χ2v) is 3.41. The van der Waals surface area contributed by atoms with Gasteiger partial charge in [0.25, 0.3) is 0 Å². The Balaban J connectivity index is 3.18. The Morgan fingerprint density at radius 3 is 2.20 bits per heavy atom. The fraction of sp³-hybridized carbons (Fsp3) is 0.308. The first-order chi connectivity index (χ1) is 7.04. The standard InChI is InChI=1S/C13H14O2/c1-5-6-12-7-9(2)13(10(3)8-12)15-11(4)14/h7-8H,1-4H3. The molecule has 0 saturated heterocycles. The van der Waals surface area contributed by atoms with Gasteiger partial charge in [0.1, 0.15) is 5.75 Å². The van der Waals surface area contributed by atoms with Crippen LogP contribution in [0, 0.1) is 25.7 Å². The number of benzene rings is 1. The van der Waals surface area contributed by atoms with E-state index in [9.17, 15) is 4.79 Å². The number of hydrogen-bond acceptors (Lipinski definition) is 2. The van der Waals surface area contributed by atoms with Crippen LogP contribution in [0.5, 0.6) is 5.75 Å². The molecule has 2 nitrogen and oxygen atoms in total. The third kappa shape index (κ3) is 2.85. The molecule has 0 atom stereocenters. The predicted molar refractivity (Wildman–Crippen MR) is 59.8 cm³/mol. The van der Waals surface area contributed by atoms with Gasteiger partial charge in [0.15, 0.2) is 0 Å². The Hall–Kier alpha value is -1.75. The van der Waals surface area contributed by atoms with Crippen molar-refractivity contribution < 1.29 is 9.53 Å². The van der Waals surface area contributed by atoms with Gasteiger partial charge in [-0.25, -0.2) is 0 Å². The average molecular weight is 202 g/mol. The number of esters is 1. The summed E-state index contributed by atoms with van der Waals surface area (Å²) in [4.78, 5) is 10.9. The number of rotatable bonds is 1. The van der Waals surface area contributed by atoms with Crippen LogP contribution in [0.25, 0.3) is 0 Å². The lowest BCUT2D eigenvalue weighted by Crippen LogP contribution is -2.04. The normalized spacial score (nSPS) is 9.07. The molecule has 0 amide bonds. The molecule has 0 bridgehead atoms. The van der Waals surface area contributed by atoms with E-state index in [4.69, 9.17) is 4.74 Å². The molecule has 1 aromatic rings. The van der Waals surface area contributed by atoms with Gasteiger partial charge < -0.3 is 4.74 Å². The van der Waals surface area contributed by atoms with Crippen molar-refractivity contribution in [3.05, 3.63) is 28.8 Å².